The van der Waals surface area contributed by atoms with Gasteiger partial charge in [0.15, 0.2) is 3.77 Å². The molecular weight excluding hydrogens is 367 g/mol. The van der Waals surface area contributed by atoms with Gasteiger partial charge in [0.1, 0.15) is 5.76 Å². The number of rotatable bonds is 7. The summed E-state index contributed by atoms with van der Waals surface area (Å²) in [5.41, 5.74) is 2.18. The molecule has 0 saturated carbocycles. The van der Waals surface area contributed by atoms with E-state index in [0.717, 1.165) is 27.4 Å². The fourth-order valence-corrected chi connectivity index (χ4v) is 2.48. The summed E-state index contributed by atoms with van der Waals surface area (Å²) in [7, 11) is 0. The molecule has 4 nitrogen and oxygen atoms in total. The Labute approximate surface area is 132 Å². The van der Waals surface area contributed by atoms with Gasteiger partial charge in [0.2, 0.25) is 0 Å². The van der Waals surface area contributed by atoms with Crippen LogP contribution in [0.25, 0.3) is 0 Å². The van der Waals surface area contributed by atoms with Gasteiger partial charge in [-0.15, -0.1) is 0 Å². The molecule has 1 aromatic heterocycles. The third-order valence-corrected chi connectivity index (χ3v) is 3.66. The van der Waals surface area contributed by atoms with Crippen molar-refractivity contribution in [1.29, 1.82) is 0 Å². The van der Waals surface area contributed by atoms with Crippen LogP contribution in [0.15, 0.2) is 40.8 Å². The molecule has 1 heterocycles. The average molecular weight is 386 g/mol. The Bertz CT molecular complexity index is 525. The van der Waals surface area contributed by atoms with Crippen LogP contribution >= 0.6 is 22.6 Å². The number of hydrogen-bond acceptors (Lipinski definition) is 4. The van der Waals surface area contributed by atoms with E-state index in [4.69, 9.17) is 9.52 Å². The SMILES string of the molecule is CCN(CCO)c1ccc(NCc2ccc(I)o2)cc1. The third kappa shape index (κ3) is 4.14. The lowest BCUT2D eigenvalue weighted by atomic mass is 10.2. The van der Waals surface area contributed by atoms with Crippen LogP contribution in [0, 0.1) is 3.77 Å². The van der Waals surface area contributed by atoms with Gasteiger partial charge < -0.3 is 19.7 Å². The lowest BCUT2D eigenvalue weighted by molar-refractivity contribution is 0.302. The Hall–Kier alpha value is -1.21. The van der Waals surface area contributed by atoms with Gasteiger partial charge in [-0.05, 0) is 65.9 Å². The van der Waals surface area contributed by atoms with Crippen LogP contribution < -0.4 is 10.2 Å². The fraction of sp³-hybridized carbons (Fsp3) is 0.333. The van der Waals surface area contributed by atoms with E-state index in [0.29, 0.717) is 13.1 Å². The molecule has 1 aromatic carbocycles. The number of furan rings is 1. The minimum Gasteiger partial charge on any atom is -0.454 e. The molecule has 0 aliphatic carbocycles. The summed E-state index contributed by atoms with van der Waals surface area (Å²) in [4.78, 5) is 2.14. The van der Waals surface area contributed by atoms with E-state index in [9.17, 15) is 0 Å². The first-order valence-corrected chi connectivity index (χ1v) is 7.74. The zero-order chi connectivity index (χ0) is 14.4. The smallest absolute Gasteiger partial charge is 0.164 e. The maximum atomic E-state index is 9.03. The van der Waals surface area contributed by atoms with Gasteiger partial charge in [-0.3, -0.25) is 0 Å². The highest BCUT2D eigenvalue weighted by Gasteiger charge is 2.04. The molecule has 0 atom stereocenters. The summed E-state index contributed by atoms with van der Waals surface area (Å²) in [5, 5.41) is 12.4. The lowest BCUT2D eigenvalue weighted by Crippen LogP contribution is -2.25. The van der Waals surface area contributed by atoms with Crippen LogP contribution in [0.4, 0.5) is 11.4 Å². The van der Waals surface area contributed by atoms with Gasteiger partial charge in [-0.1, -0.05) is 0 Å². The minimum atomic E-state index is 0.172. The number of hydrogen-bond donors (Lipinski definition) is 2. The van der Waals surface area contributed by atoms with Crippen LogP contribution in [0.5, 0.6) is 0 Å². The molecule has 0 saturated heterocycles. The molecule has 20 heavy (non-hydrogen) atoms. The molecule has 0 aliphatic heterocycles. The molecule has 0 bridgehead atoms. The quantitative estimate of drug-likeness (QED) is 0.717. The van der Waals surface area contributed by atoms with Crippen LogP contribution in [0.3, 0.4) is 0 Å². The topological polar surface area (TPSA) is 48.6 Å². The number of nitrogens with one attached hydrogen (secondary N) is 1. The van der Waals surface area contributed by atoms with Gasteiger partial charge in [-0.2, -0.15) is 0 Å². The first kappa shape index (κ1) is 15.2. The highest BCUT2D eigenvalue weighted by molar-refractivity contribution is 14.1. The highest BCUT2D eigenvalue weighted by atomic mass is 127. The zero-order valence-corrected chi connectivity index (χ0v) is 13.6. The number of anilines is 2. The maximum Gasteiger partial charge on any atom is 0.164 e. The summed E-state index contributed by atoms with van der Waals surface area (Å²) in [6.07, 6.45) is 0. The average Bonchev–Trinajstić information content (AvgIpc) is 2.89. The van der Waals surface area contributed by atoms with Crippen molar-refractivity contribution in [3.8, 4) is 0 Å². The van der Waals surface area contributed by atoms with E-state index in [1.54, 1.807) is 0 Å². The molecule has 108 valence electrons. The largest absolute Gasteiger partial charge is 0.454 e. The lowest BCUT2D eigenvalue weighted by Gasteiger charge is -2.22. The second-order valence-electron chi connectivity index (χ2n) is 4.41. The van der Waals surface area contributed by atoms with Gasteiger partial charge in [-0.25, -0.2) is 0 Å². The van der Waals surface area contributed by atoms with Crippen LogP contribution in [0.2, 0.25) is 0 Å². The van der Waals surface area contributed by atoms with Crippen molar-refractivity contribution in [1.82, 2.24) is 0 Å². The van der Waals surface area contributed by atoms with Crippen molar-refractivity contribution in [2.45, 2.75) is 13.5 Å². The monoisotopic (exact) mass is 386 g/mol. The molecule has 2 N–H and O–H groups in total. The van der Waals surface area contributed by atoms with Crippen molar-refractivity contribution in [2.75, 3.05) is 29.9 Å². The van der Waals surface area contributed by atoms with Gasteiger partial charge >= 0.3 is 0 Å². The van der Waals surface area contributed by atoms with E-state index >= 15 is 0 Å². The molecule has 0 amide bonds. The molecule has 0 aliphatic rings. The highest BCUT2D eigenvalue weighted by Crippen LogP contribution is 2.19. The Morgan fingerprint density at radius 1 is 1.20 bits per heavy atom. The summed E-state index contributed by atoms with van der Waals surface area (Å²) in [5.74, 6) is 0.925. The molecule has 5 heteroatoms. The Kier molecular flexibility index (Phi) is 5.72. The summed E-state index contributed by atoms with van der Waals surface area (Å²) >= 11 is 2.16. The van der Waals surface area contributed by atoms with E-state index < -0.39 is 0 Å². The van der Waals surface area contributed by atoms with Crippen molar-refractivity contribution < 1.29 is 9.52 Å². The molecule has 0 radical (unpaired) electrons. The van der Waals surface area contributed by atoms with Crippen molar-refractivity contribution in [3.63, 3.8) is 0 Å². The number of benzene rings is 1. The Balaban J connectivity index is 1.94. The number of aliphatic hydroxyl groups excluding tert-OH is 1. The molecule has 0 unspecified atom stereocenters. The molecule has 0 fully saturated rings. The van der Waals surface area contributed by atoms with Crippen molar-refractivity contribution in [3.05, 3.63) is 45.9 Å². The number of aliphatic hydroxyl groups is 1. The molecule has 2 rings (SSSR count). The Morgan fingerprint density at radius 3 is 2.50 bits per heavy atom. The maximum absolute atomic E-state index is 9.03. The predicted molar refractivity (Wildman–Crippen MR) is 90.2 cm³/mol. The zero-order valence-electron chi connectivity index (χ0n) is 11.5. The minimum absolute atomic E-state index is 0.172. The van der Waals surface area contributed by atoms with E-state index in [1.807, 2.05) is 24.3 Å². The van der Waals surface area contributed by atoms with Gasteiger partial charge in [0.25, 0.3) is 0 Å². The second-order valence-corrected chi connectivity index (χ2v) is 5.47. The van der Waals surface area contributed by atoms with Crippen LogP contribution in [0.1, 0.15) is 12.7 Å². The molecule has 2 aromatic rings. The van der Waals surface area contributed by atoms with E-state index in [-0.39, 0.29) is 6.61 Å². The number of halogens is 1. The van der Waals surface area contributed by atoms with Crippen LogP contribution in [-0.2, 0) is 6.54 Å². The standard InChI is InChI=1S/C15H19IN2O2/c1-2-18(9-10-19)13-5-3-12(4-6-13)17-11-14-7-8-15(16)20-14/h3-8,17,19H,2,9-11H2,1H3. The first-order chi connectivity index (χ1) is 9.72. The van der Waals surface area contributed by atoms with E-state index in [2.05, 4.69) is 51.9 Å². The third-order valence-electron chi connectivity index (χ3n) is 3.08. The first-order valence-electron chi connectivity index (χ1n) is 6.67. The van der Waals surface area contributed by atoms with Crippen LogP contribution in [-0.4, -0.2) is 24.8 Å². The normalized spacial score (nSPS) is 10.6. The van der Waals surface area contributed by atoms with Gasteiger partial charge in [0.05, 0.1) is 13.2 Å². The summed E-state index contributed by atoms with van der Waals surface area (Å²) in [6, 6.07) is 12.1. The number of likely N-dealkylation sites (N-methyl/N-ethyl adjacent to an activating group) is 1. The van der Waals surface area contributed by atoms with Gasteiger partial charge in [0, 0.05) is 24.5 Å². The fourth-order valence-electron chi connectivity index (χ4n) is 2.02. The van der Waals surface area contributed by atoms with E-state index in [1.165, 1.54) is 0 Å². The molecular formula is C15H19IN2O2. The van der Waals surface area contributed by atoms with Crippen molar-refractivity contribution >= 4 is 34.0 Å². The summed E-state index contributed by atoms with van der Waals surface area (Å²) in [6.45, 7) is 4.48. The molecule has 0 spiro atoms. The number of nitrogens with zero attached hydrogens (tertiary/aromatic N) is 1. The summed E-state index contributed by atoms with van der Waals surface area (Å²) < 4.78 is 6.40. The Morgan fingerprint density at radius 2 is 1.95 bits per heavy atom. The predicted octanol–water partition coefficient (Wildman–Crippen LogP) is 3.31. The second kappa shape index (κ2) is 7.54. The van der Waals surface area contributed by atoms with Crippen molar-refractivity contribution in [2.24, 2.45) is 0 Å².